The van der Waals surface area contributed by atoms with Gasteiger partial charge in [-0.25, -0.2) is 0 Å². The minimum Gasteiger partial charge on any atom is -0.391 e. The van der Waals surface area contributed by atoms with E-state index in [-0.39, 0.29) is 12.0 Å². The Bertz CT molecular complexity index is 329. The summed E-state index contributed by atoms with van der Waals surface area (Å²) in [4.78, 5) is 0. The van der Waals surface area contributed by atoms with Gasteiger partial charge in [0.1, 0.15) is 0 Å². The molecule has 0 aromatic carbocycles. The summed E-state index contributed by atoms with van der Waals surface area (Å²) in [5.74, 6) is 0.215. The van der Waals surface area contributed by atoms with Crippen LogP contribution in [0.25, 0.3) is 0 Å². The molecule has 0 bridgehead atoms. The van der Waals surface area contributed by atoms with Crippen LogP contribution in [0.4, 0.5) is 0 Å². The number of hydrogen-bond acceptors (Lipinski definition) is 3. The van der Waals surface area contributed by atoms with Crippen molar-refractivity contribution in [2.75, 3.05) is 13.6 Å². The smallest absolute Gasteiger partial charge is 0.0501 e. The Morgan fingerprint density at radius 2 is 2.06 bits per heavy atom. The Morgan fingerprint density at radius 1 is 1.44 bits per heavy atom. The van der Waals surface area contributed by atoms with Gasteiger partial charge in [-0.1, -0.05) is 26.5 Å². The Hall–Kier alpha value is -1.35. The second-order valence-corrected chi connectivity index (χ2v) is 4.50. The van der Waals surface area contributed by atoms with Crippen molar-refractivity contribution in [3.8, 4) is 0 Å². The molecule has 0 radical (unpaired) electrons. The molecule has 3 nitrogen and oxygen atoms in total. The van der Waals surface area contributed by atoms with E-state index >= 15 is 0 Å². The Labute approximate surface area is 112 Å². The highest BCUT2D eigenvalue weighted by Gasteiger charge is 2.16. The average Bonchev–Trinajstić information content (AvgIpc) is 2.40. The highest BCUT2D eigenvalue weighted by molar-refractivity contribution is 5.57. The molecular weight excluding hydrogens is 222 g/mol. The molecule has 0 aliphatic carbocycles. The summed E-state index contributed by atoms with van der Waals surface area (Å²) in [6, 6.07) is 0.0891. The van der Waals surface area contributed by atoms with Crippen LogP contribution in [0.1, 0.15) is 27.2 Å². The molecule has 0 spiro atoms. The van der Waals surface area contributed by atoms with Crippen LogP contribution in [0.5, 0.6) is 0 Å². The maximum Gasteiger partial charge on any atom is 0.0501 e. The molecule has 102 valence electrons. The van der Waals surface area contributed by atoms with E-state index in [1.165, 1.54) is 11.8 Å². The molecule has 0 aliphatic heterocycles. The first-order valence-electron chi connectivity index (χ1n) is 6.44. The van der Waals surface area contributed by atoms with E-state index in [2.05, 4.69) is 30.7 Å². The van der Waals surface area contributed by atoms with E-state index < -0.39 is 0 Å². The summed E-state index contributed by atoms with van der Waals surface area (Å²) in [6.45, 7) is 15.1. The molecule has 0 saturated heterocycles. The van der Waals surface area contributed by atoms with Gasteiger partial charge in [0, 0.05) is 12.7 Å². The van der Waals surface area contributed by atoms with Crippen molar-refractivity contribution in [1.29, 1.82) is 5.41 Å². The van der Waals surface area contributed by atoms with Crippen molar-refractivity contribution in [3.63, 3.8) is 0 Å². The average molecular weight is 249 g/mol. The number of rotatable bonds is 9. The number of likely N-dealkylation sites (N-methyl/N-ethyl adjacent to an activating group) is 1. The third-order valence-electron chi connectivity index (χ3n) is 3.06. The van der Waals surface area contributed by atoms with Crippen molar-refractivity contribution < 1.29 is 0 Å². The van der Waals surface area contributed by atoms with Gasteiger partial charge in [-0.2, -0.15) is 0 Å². The molecule has 0 aromatic rings. The lowest BCUT2D eigenvalue weighted by molar-refractivity contribution is 0.664. The summed E-state index contributed by atoms with van der Waals surface area (Å²) in [5, 5.41) is 13.9. The van der Waals surface area contributed by atoms with Gasteiger partial charge in [-0.15, -0.1) is 6.58 Å². The van der Waals surface area contributed by atoms with Gasteiger partial charge in [-0.3, -0.25) is 0 Å². The molecule has 0 aromatic heterocycles. The summed E-state index contributed by atoms with van der Waals surface area (Å²) >= 11 is 0. The third kappa shape index (κ3) is 4.88. The van der Waals surface area contributed by atoms with Crippen LogP contribution < -0.4 is 10.6 Å². The van der Waals surface area contributed by atoms with Crippen LogP contribution in [-0.2, 0) is 0 Å². The molecule has 0 fully saturated rings. The Kier molecular flexibility index (Phi) is 8.05. The lowest BCUT2D eigenvalue weighted by Gasteiger charge is -2.23. The topological polar surface area (TPSA) is 47.9 Å². The molecule has 2 atom stereocenters. The summed E-state index contributed by atoms with van der Waals surface area (Å²) in [5.41, 5.74) is 3.32. The molecule has 18 heavy (non-hydrogen) atoms. The molecule has 0 rings (SSSR count). The standard InChI is InChI=1S/C15H27N3/c1-7-15(18-8-2)12(4)14(13(5)17-6)9-11(3)10-16/h7,10-11,15-18H,1,4,8-9H2,2-3,5-6H3/b14-13-,16-10?/t11?,15-/m0/s1. The van der Waals surface area contributed by atoms with E-state index in [1.54, 1.807) is 0 Å². The van der Waals surface area contributed by atoms with Gasteiger partial charge >= 0.3 is 0 Å². The highest BCUT2D eigenvalue weighted by atomic mass is 14.9. The van der Waals surface area contributed by atoms with Crippen molar-refractivity contribution in [3.05, 3.63) is 36.1 Å². The van der Waals surface area contributed by atoms with Gasteiger partial charge in [0.25, 0.3) is 0 Å². The molecule has 1 unspecified atom stereocenters. The zero-order valence-corrected chi connectivity index (χ0v) is 12.1. The van der Waals surface area contributed by atoms with E-state index in [9.17, 15) is 0 Å². The first-order chi connectivity index (χ1) is 8.51. The minimum absolute atomic E-state index is 0.0891. The highest BCUT2D eigenvalue weighted by Crippen LogP contribution is 2.23. The predicted octanol–water partition coefficient (Wildman–Crippen LogP) is 2.88. The molecule has 3 N–H and O–H groups in total. The minimum atomic E-state index is 0.0891. The number of hydrogen-bond donors (Lipinski definition) is 3. The fourth-order valence-corrected chi connectivity index (χ4v) is 1.81. The molecule has 0 aliphatic rings. The van der Waals surface area contributed by atoms with E-state index in [4.69, 9.17) is 5.41 Å². The lowest BCUT2D eigenvalue weighted by atomic mass is 9.91. The van der Waals surface area contributed by atoms with Crippen molar-refractivity contribution in [2.24, 2.45) is 5.92 Å². The quantitative estimate of drug-likeness (QED) is 0.334. The SMILES string of the molecule is C=C[C@H](NCC)C(=C)/C(CC(C)C=N)=C(/C)NC. The van der Waals surface area contributed by atoms with Crippen LogP contribution in [0.2, 0.25) is 0 Å². The molecule has 0 heterocycles. The summed E-state index contributed by atoms with van der Waals surface area (Å²) in [7, 11) is 1.91. The maximum absolute atomic E-state index is 7.34. The van der Waals surface area contributed by atoms with E-state index in [0.717, 1.165) is 24.2 Å². The van der Waals surface area contributed by atoms with Crippen LogP contribution in [0.3, 0.4) is 0 Å². The predicted molar refractivity (Wildman–Crippen MR) is 81.1 cm³/mol. The second kappa shape index (κ2) is 8.70. The first kappa shape index (κ1) is 16.6. The van der Waals surface area contributed by atoms with Crippen molar-refractivity contribution in [1.82, 2.24) is 10.6 Å². The Morgan fingerprint density at radius 3 is 2.44 bits per heavy atom. The van der Waals surface area contributed by atoms with Gasteiger partial charge in [0.15, 0.2) is 0 Å². The van der Waals surface area contributed by atoms with Gasteiger partial charge in [0.2, 0.25) is 0 Å². The third-order valence-corrected chi connectivity index (χ3v) is 3.06. The van der Waals surface area contributed by atoms with Crippen molar-refractivity contribution >= 4 is 6.21 Å². The summed E-state index contributed by atoms with van der Waals surface area (Å²) in [6.07, 6.45) is 4.18. The molecule has 3 heteroatoms. The van der Waals surface area contributed by atoms with Gasteiger partial charge in [0.05, 0.1) is 6.04 Å². The molecular formula is C15H27N3. The monoisotopic (exact) mass is 249 g/mol. The zero-order valence-electron chi connectivity index (χ0n) is 12.1. The molecule has 0 amide bonds. The normalized spacial score (nSPS) is 15.3. The van der Waals surface area contributed by atoms with E-state index in [0.29, 0.717) is 0 Å². The van der Waals surface area contributed by atoms with Crippen molar-refractivity contribution in [2.45, 2.75) is 33.2 Å². The molecule has 0 saturated carbocycles. The van der Waals surface area contributed by atoms with E-state index in [1.807, 2.05) is 27.0 Å². The fourth-order valence-electron chi connectivity index (χ4n) is 1.81. The fraction of sp³-hybridized carbons (Fsp3) is 0.533. The van der Waals surface area contributed by atoms with Gasteiger partial charge in [-0.05, 0) is 43.2 Å². The van der Waals surface area contributed by atoms with Gasteiger partial charge < -0.3 is 16.0 Å². The lowest BCUT2D eigenvalue weighted by Crippen LogP contribution is -2.30. The first-order valence-corrected chi connectivity index (χ1v) is 6.44. The maximum atomic E-state index is 7.34. The Balaban J connectivity index is 5.13. The zero-order chi connectivity index (χ0) is 14.1. The second-order valence-electron chi connectivity index (χ2n) is 4.50. The largest absolute Gasteiger partial charge is 0.391 e. The number of allylic oxidation sites excluding steroid dienone is 1. The van der Waals surface area contributed by atoms with Crippen LogP contribution >= 0.6 is 0 Å². The van der Waals surface area contributed by atoms with Crippen LogP contribution in [0.15, 0.2) is 36.1 Å². The summed E-state index contributed by atoms with van der Waals surface area (Å²) < 4.78 is 0. The van der Waals surface area contributed by atoms with Crippen LogP contribution in [0, 0.1) is 11.3 Å². The number of nitrogens with one attached hydrogen (secondary N) is 3. The van der Waals surface area contributed by atoms with Crippen LogP contribution in [-0.4, -0.2) is 25.8 Å².